The Bertz CT molecular complexity index is 2640. The number of rotatable bonds is 7. The molecule has 59 heavy (non-hydrogen) atoms. The van der Waals surface area contributed by atoms with Crippen LogP contribution in [0.4, 0.5) is 11.4 Å². The molecule has 0 spiro atoms. The van der Waals surface area contributed by atoms with Crippen molar-refractivity contribution >= 4 is 33.2 Å². The summed E-state index contributed by atoms with van der Waals surface area (Å²) in [5.74, 6) is 2.08. The molecule has 0 saturated carbocycles. The van der Waals surface area contributed by atoms with Gasteiger partial charge in [-0.25, -0.2) is 4.98 Å². The standard InChI is InChI=1S/C53H55N4O.Pt/c1-50(2,3)37-26-27-54-49(31-37)57-46-23-16-15-22-44(46)45-25-24-43(33-47(45)57)58-42-21-17-20-40(32-42)56-35-55(34-48(56)53(10,11)36-18-13-12-14-19-36)41-29-38(51(4,5)6)28-39(30-41)52(7,8)9;/h12-31,34-35H,1-11H3;/q-3;. The van der Waals surface area contributed by atoms with Gasteiger partial charge in [0.2, 0.25) is 0 Å². The molecule has 7 aromatic rings. The van der Waals surface area contributed by atoms with Crippen LogP contribution >= 0.6 is 0 Å². The van der Waals surface area contributed by atoms with Crippen LogP contribution in [0.5, 0.6) is 11.5 Å². The van der Waals surface area contributed by atoms with E-state index in [1.807, 2.05) is 24.4 Å². The van der Waals surface area contributed by atoms with Crippen LogP contribution in [0.25, 0.3) is 27.6 Å². The zero-order valence-corrected chi connectivity index (χ0v) is 38.5. The predicted octanol–water partition coefficient (Wildman–Crippen LogP) is 13.7. The van der Waals surface area contributed by atoms with Crippen molar-refractivity contribution in [3.05, 3.63) is 174 Å². The Balaban J connectivity index is 0.00000528. The van der Waals surface area contributed by atoms with Gasteiger partial charge >= 0.3 is 0 Å². The van der Waals surface area contributed by atoms with Gasteiger partial charge in [0, 0.05) is 61.1 Å². The van der Waals surface area contributed by atoms with Gasteiger partial charge in [0.25, 0.3) is 0 Å². The zero-order valence-electron chi connectivity index (χ0n) is 36.2. The molecule has 0 amide bonds. The zero-order chi connectivity index (χ0) is 41.2. The maximum Gasteiger partial charge on any atom is 0.135 e. The van der Waals surface area contributed by atoms with E-state index in [2.05, 4.69) is 213 Å². The maximum absolute atomic E-state index is 6.66. The summed E-state index contributed by atoms with van der Waals surface area (Å²) >= 11 is 0. The van der Waals surface area contributed by atoms with E-state index in [0.29, 0.717) is 11.5 Å². The quantitative estimate of drug-likeness (QED) is 0.149. The van der Waals surface area contributed by atoms with Gasteiger partial charge in [-0.3, -0.25) is 0 Å². The van der Waals surface area contributed by atoms with E-state index in [0.717, 1.165) is 44.7 Å². The number of allylic oxidation sites excluding steroid dienone is 1. The van der Waals surface area contributed by atoms with E-state index in [4.69, 9.17) is 9.72 Å². The first-order valence-corrected chi connectivity index (χ1v) is 20.4. The molecule has 5 nitrogen and oxygen atoms in total. The molecule has 5 aromatic carbocycles. The van der Waals surface area contributed by atoms with Crippen LogP contribution in [0.3, 0.4) is 0 Å². The Morgan fingerprint density at radius 1 is 0.576 bits per heavy atom. The Morgan fingerprint density at radius 3 is 1.90 bits per heavy atom. The second-order valence-electron chi connectivity index (χ2n) is 19.3. The topological polar surface area (TPSA) is 33.5 Å². The van der Waals surface area contributed by atoms with Gasteiger partial charge in [-0.15, -0.1) is 48.1 Å². The number of benzene rings is 5. The third-order valence-corrected chi connectivity index (χ3v) is 11.5. The van der Waals surface area contributed by atoms with Gasteiger partial charge in [0.05, 0.1) is 0 Å². The molecule has 0 unspecified atom stereocenters. The minimum absolute atomic E-state index is 0. The number of hydrogen-bond acceptors (Lipinski definition) is 4. The summed E-state index contributed by atoms with van der Waals surface area (Å²) in [6.07, 6.45) is 4.19. The van der Waals surface area contributed by atoms with E-state index in [-0.39, 0.29) is 42.7 Å². The fourth-order valence-corrected chi connectivity index (χ4v) is 7.77. The first kappa shape index (κ1) is 42.0. The van der Waals surface area contributed by atoms with Gasteiger partial charge in [-0.2, -0.15) is 12.1 Å². The molecule has 2 aromatic heterocycles. The molecule has 0 fully saturated rings. The van der Waals surface area contributed by atoms with Crippen LogP contribution in [0.2, 0.25) is 0 Å². The fourth-order valence-electron chi connectivity index (χ4n) is 7.77. The third kappa shape index (κ3) is 8.24. The number of nitrogens with zero attached hydrogens (tertiary/aromatic N) is 4. The van der Waals surface area contributed by atoms with Crippen LogP contribution in [0.1, 0.15) is 98.4 Å². The molecule has 1 aliphatic rings. The summed E-state index contributed by atoms with van der Waals surface area (Å²) < 4.78 is 8.85. The van der Waals surface area contributed by atoms with E-state index >= 15 is 0 Å². The molecule has 0 aliphatic carbocycles. The molecule has 1 aliphatic heterocycles. The van der Waals surface area contributed by atoms with Crippen molar-refractivity contribution in [2.24, 2.45) is 0 Å². The summed E-state index contributed by atoms with van der Waals surface area (Å²) in [4.78, 5) is 9.39. The fraction of sp³-hybridized carbons (Fsp3) is 0.283. The molecule has 0 bridgehead atoms. The summed E-state index contributed by atoms with van der Waals surface area (Å²) in [6, 6.07) is 48.0. The van der Waals surface area contributed by atoms with Crippen molar-refractivity contribution < 1.29 is 25.8 Å². The molecular weight excluding hydrogens is 904 g/mol. The molecule has 306 valence electrons. The SMILES string of the molecule is CC(C)(C)c1cc(N2C=C(C(C)(C)c3ccccc3)N(c3[c-]c(Oc4[c-]c5c(cc4)c4ccccc4n5-c4cc(C(C)(C)C)ccn4)ccc3)[CH-]2)cc(C(C)(C)C)c1.[Pt]. The second-order valence-corrected chi connectivity index (χ2v) is 19.3. The molecule has 0 N–H and O–H groups in total. The van der Waals surface area contributed by atoms with Crippen LogP contribution in [0, 0.1) is 18.8 Å². The summed E-state index contributed by atoms with van der Waals surface area (Å²) in [5.41, 5.74) is 9.85. The summed E-state index contributed by atoms with van der Waals surface area (Å²) in [6.45, 7) is 27.2. The van der Waals surface area contributed by atoms with Crippen LogP contribution in [-0.4, -0.2) is 9.55 Å². The van der Waals surface area contributed by atoms with E-state index in [9.17, 15) is 0 Å². The molecule has 0 atom stereocenters. The number of ether oxygens (including phenoxy) is 1. The third-order valence-electron chi connectivity index (χ3n) is 11.5. The Morgan fingerprint density at radius 2 is 1.22 bits per heavy atom. The first-order chi connectivity index (χ1) is 27.4. The predicted molar refractivity (Wildman–Crippen MR) is 242 cm³/mol. The smallest absolute Gasteiger partial charge is 0.135 e. The summed E-state index contributed by atoms with van der Waals surface area (Å²) in [5, 5.41) is 2.24. The first-order valence-electron chi connectivity index (χ1n) is 20.4. The van der Waals surface area contributed by atoms with Crippen molar-refractivity contribution in [2.75, 3.05) is 9.80 Å². The van der Waals surface area contributed by atoms with Crippen LogP contribution in [-0.2, 0) is 42.7 Å². The Labute approximate surface area is 366 Å². The van der Waals surface area contributed by atoms with E-state index < -0.39 is 0 Å². The Hall–Kier alpha value is -5.12. The molecular formula is C53H55N4OPt-3. The largest absolute Gasteiger partial charge is 0.509 e. The average molecular weight is 959 g/mol. The second kappa shape index (κ2) is 15.5. The van der Waals surface area contributed by atoms with E-state index in [1.165, 1.54) is 22.3 Å². The summed E-state index contributed by atoms with van der Waals surface area (Å²) in [7, 11) is 0. The van der Waals surface area contributed by atoms with Gasteiger partial charge < -0.3 is 19.1 Å². The van der Waals surface area contributed by atoms with Crippen molar-refractivity contribution in [3.63, 3.8) is 0 Å². The maximum atomic E-state index is 6.66. The number of para-hydroxylation sites is 1. The van der Waals surface area contributed by atoms with Gasteiger partial charge in [-0.1, -0.05) is 136 Å². The molecule has 0 radical (unpaired) electrons. The van der Waals surface area contributed by atoms with Crippen molar-refractivity contribution in [1.82, 2.24) is 9.55 Å². The molecule has 3 heterocycles. The molecule has 8 rings (SSSR count). The number of anilines is 2. The number of fused-ring (bicyclic) bond motifs is 3. The van der Waals surface area contributed by atoms with Crippen molar-refractivity contribution in [2.45, 2.75) is 97.8 Å². The van der Waals surface area contributed by atoms with Crippen molar-refractivity contribution in [3.8, 4) is 17.3 Å². The molecule has 0 saturated heterocycles. The van der Waals surface area contributed by atoms with Crippen molar-refractivity contribution in [1.29, 1.82) is 0 Å². The minimum Gasteiger partial charge on any atom is -0.509 e. The minimum atomic E-state index is -0.337. The van der Waals surface area contributed by atoms with Crippen LogP contribution in [0.15, 0.2) is 133 Å². The number of pyridine rings is 1. The number of hydrogen-bond donors (Lipinski definition) is 0. The number of aromatic nitrogens is 2. The van der Waals surface area contributed by atoms with Gasteiger partial charge in [0.1, 0.15) is 5.82 Å². The van der Waals surface area contributed by atoms with Crippen LogP contribution < -0.4 is 14.5 Å². The van der Waals surface area contributed by atoms with Gasteiger partial charge in [-0.05, 0) is 80.4 Å². The molecule has 6 heteroatoms. The monoisotopic (exact) mass is 958 g/mol. The normalized spacial score (nSPS) is 13.8. The average Bonchev–Trinajstić information content (AvgIpc) is 3.78. The van der Waals surface area contributed by atoms with Gasteiger partial charge in [0.15, 0.2) is 0 Å². The Kier molecular flexibility index (Phi) is 11.0. The van der Waals surface area contributed by atoms with E-state index in [1.54, 1.807) is 0 Å².